The number of fused-ring (bicyclic) bond motifs is 2. The van der Waals surface area contributed by atoms with Crippen LogP contribution in [0.25, 0.3) is 0 Å². The highest BCUT2D eigenvalue weighted by molar-refractivity contribution is 6.31. The first-order valence-electron chi connectivity index (χ1n) is 6.72. The maximum atomic E-state index is 11.8. The minimum atomic E-state index is 0.391. The predicted octanol–water partition coefficient (Wildman–Crippen LogP) is 3.74. The number of halogens is 1. The summed E-state index contributed by atoms with van der Waals surface area (Å²) in [4.78, 5) is 14.2. The lowest BCUT2D eigenvalue weighted by molar-refractivity contribution is -0.121. The maximum Gasteiger partial charge on any atom is 0.137 e. The quantitative estimate of drug-likeness (QED) is 0.769. The minimum absolute atomic E-state index is 0.391. The van der Waals surface area contributed by atoms with Crippen LogP contribution in [0.5, 0.6) is 0 Å². The smallest absolute Gasteiger partial charge is 0.137 e. The van der Waals surface area contributed by atoms with Gasteiger partial charge in [-0.05, 0) is 43.9 Å². The van der Waals surface area contributed by atoms with Crippen LogP contribution < -0.4 is 4.90 Å². The number of benzene rings is 1. The molecule has 0 radical (unpaired) electrons. The van der Waals surface area contributed by atoms with Crippen LogP contribution in [0.1, 0.15) is 37.7 Å². The zero-order valence-corrected chi connectivity index (χ0v) is 11.4. The van der Waals surface area contributed by atoms with E-state index in [0.29, 0.717) is 30.7 Å². The van der Waals surface area contributed by atoms with Gasteiger partial charge in [0, 0.05) is 35.6 Å². The first kappa shape index (κ1) is 12.0. The Labute approximate surface area is 113 Å². The average Bonchev–Trinajstić information content (AvgIpc) is 2.32. The molecule has 3 heteroatoms. The molecule has 0 spiro atoms. The van der Waals surface area contributed by atoms with Crippen molar-refractivity contribution >= 4 is 23.1 Å². The van der Waals surface area contributed by atoms with Crippen LogP contribution >= 0.6 is 11.6 Å². The number of carbonyl (C=O) groups is 1. The molecule has 2 heterocycles. The Bertz CT molecular complexity index is 469. The van der Waals surface area contributed by atoms with Crippen molar-refractivity contribution in [3.8, 4) is 0 Å². The van der Waals surface area contributed by atoms with Crippen LogP contribution in [-0.2, 0) is 4.79 Å². The molecule has 2 nitrogen and oxygen atoms in total. The van der Waals surface area contributed by atoms with Gasteiger partial charge in [0.05, 0.1) is 0 Å². The Morgan fingerprint density at radius 2 is 1.89 bits per heavy atom. The van der Waals surface area contributed by atoms with Crippen LogP contribution in [0.3, 0.4) is 0 Å². The Balaban J connectivity index is 2.00. The second-order valence-electron chi connectivity index (χ2n) is 5.48. The lowest BCUT2D eigenvalue weighted by Gasteiger charge is -2.47. The van der Waals surface area contributed by atoms with Gasteiger partial charge in [0.2, 0.25) is 0 Å². The number of piperidine rings is 2. The lowest BCUT2D eigenvalue weighted by atomic mass is 9.83. The van der Waals surface area contributed by atoms with Crippen molar-refractivity contribution in [3.05, 3.63) is 28.8 Å². The van der Waals surface area contributed by atoms with Gasteiger partial charge in [-0.3, -0.25) is 4.79 Å². The average molecular weight is 264 g/mol. The second kappa shape index (κ2) is 4.58. The number of ketones is 1. The maximum absolute atomic E-state index is 11.8. The highest BCUT2D eigenvalue weighted by Gasteiger charge is 2.38. The van der Waals surface area contributed by atoms with Crippen molar-refractivity contribution in [2.24, 2.45) is 0 Å². The van der Waals surface area contributed by atoms with Gasteiger partial charge >= 0.3 is 0 Å². The summed E-state index contributed by atoms with van der Waals surface area (Å²) in [5.41, 5.74) is 2.37. The molecular formula is C15H18ClNO. The van der Waals surface area contributed by atoms with E-state index < -0.39 is 0 Å². The topological polar surface area (TPSA) is 20.3 Å². The van der Waals surface area contributed by atoms with Crippen LogP contribution in [0, 0.1) is 6.92 Å². The molecule has 1 aromatic rings. The zero-order valence-electron chi connectivity index (χ0n) is 10.7. The SMILES string of the molecule is Cc1c(Cl)cccc1N1C2CCCC1CC(=O)C2. The third-order valence-corrected chi connectivity index (χ3v) is 4.71. The van der Waals surface area contributed by atoms with Crippen molar-refractivity contribution in [2.45, 2.75) is 51.1 Å². The highest BCUT2D eigenvalue weighted by atomic mass is 35.5. The van der Waals surface area contributed by atoms with E-state index >= 15 is 0 Å². The summed E-state index contributed by atoms with van der Waals surface area (Å²) in [5, 5.41) is 0.822. The van der Waals surface area contributed by atoms with E-state index in [1.165, 1.54) is 12.1 Å². The van der Waals surface area contributed by atoms with Gasteiger partial charge in [0.1, 0.15) is 5.78 Å². The van der Waals surface area contributed by atoms with Crippen molar-refractivity contribution in [1.82, 2.24) is 0 Å². The van der Waals surface area contributed by atoms with Gasteiger partial charge in [0.15, 0.2) is 0 Å². The fourth-order valence-corrected chi connectivity index (χ4v) is 3.61. The predicted molar refractivity (Wildman–Crippen MR) is 74.3 cm³/mol. The third-order valence-electron chi connectivity index (χ3n) is 4.31. The molecule has 0 saturated carbocycles. The number of anilines is 1. The highest BCUT2D eigenvalue weighted by Crippen LogP contribution is 2.39. The molecule has 0 aliphatic carbocycles. The molecule has 2 aliphatic heterocycles. The van der Waals surface area contributed by atoms with Crippen LogP contribution in [-0.4, -0.2) is 17.9 Å². The Morgan fingerprint density at radius 1 is 1.22 bits per heavy atom. The molecule has 1 aromatic carbocycles. The monoisotopic (exact) mass is 263 g/mol. The number of Topliss-reactive ketones (excluding diaryl/α,β-unsaturated/α-hetero) is 1. The number of hydrogen-bond donors (Lipinski definition) is 0. The molecule has 0 aromatic heterocycles. The molecule has 2 unspecified atom stereocenters. The summed E-state index contributed by atoms with van der Waals surface area (Å²) in [6, 6.07) is 6.87. The first-order chi connectivity index (χ1) is 8.66. The summed E-state index contributed by atoms with van der Waals surface area (Å²) in [6.07, 6.45) is 4.94. The molecule has 2 bridgehead atoms. The fraction of sp³-hybridized carbons (Fsp3) is 0.533. The molecule has 3 rings (SSSR count). The van der Waals surface area contributed by atoms with E-state index in [4.69, 9.17) is 11.6 Å². The van der Waals surface area contributed by atoms with Crippen LogP contribution in [0.2, 0.25) is 5.02 Å². The Morgan fingerprint density at radius 3 is 2.56 bits per heavy atom. The van der Waals surface area contributed by atoms with Gasteiger partial charge in [-0.1, -0.05) is 17.7 Å². The van der Waals surface area contributed by atoms with Crippen LogP contribution in [0.4, 0.5) is 5.69 Å². The standard InChI is InChI=1S/C15H18ClNO/c1-10-14(16)6-3-7-15(10)17-11-4-2-5-12(17)9-13(18)8-11/h3,6-7,11-12H,2,4-5,8-9H2,1H3. The molecule has 2 saturated heterocycles. The van der Waals surface area contributed by atoms with Crippen molar-refractivity contribution in [3.63, 3.8) is 0 Å². The summed E-state index contributed by atoms with van der Waals surface area (Å²) >= 11 is 6.22. The number of rotatable bonds is 1. The summed E-state index contributed by atoms with van der Waals surface area (Å²) in [5.74, 6) is 0.431. The molecule has 18 heavy (non-hydrogen) atoms. The summed E-state index contributed by atoms with van der Waals surface area (Å²) in [6.45, 7) is 2.07. The number of hydrogen-bond acceptors (Lipinski definition) is 2. The molecule has 2 aliphatic rings. The molecule has 0 N–H and O–H groups in total. The lowest BCUT2D eigenvalue weighted by Crippen LogP contribution is -2.52. The van der Waals surface area contributed by atoms with E-state index in [9.17, 15) is 4.79 Å². The Kier molecular flexibility index (Phi) is 3.06. The minimum Gasteiger partial charge on any atom is -0.364 e. The van der Waals surface area contributed by atoms with Crippen molar-refractivity contribution in [2.75, 3.05) is 4.90 Å². The summed E-state index contributed by atoms with van der Waals surface area (Å²) in [7, 11) is 0. The molecule has 2 atom stereocenters. The van der Waals surface area contributed by atoms with Crippen molar-refractivity contribution < 1.29 is 4.79 Å². The van der Waals surface area contributed by atoms with Gasteiger partial charge < -0.3 is 4.90 Å². The van der Waals surface area contributed by atoms with E-state index in [0.717, 1.165) is 23.4 Å². The molecular weight excluding hydrogens is 246 g/mol. The molecule has 0 amide bonds. The number of nitrogens with zero attached hydrogens (tertiary/aromatic N) is 1. The normalized spacial score (nSPS) is 27.4. The molecule has 96 valence electrons. The van der Waals surface area contributed by atoms with Gasteiger partial charge in [-0.25, -0.2) is 0 Å². The molecule has 2 fully saturated rings. The largest absolute Gasteiger partial charge is 0.364 e. The van der Waals surface area contributed by atoms with Gasteiger partial charge in [-0.2, -0.15) is 0 Å². The van der Waals surface area contributed by atoms with Gasteiger partial charge in [0.25, 0.3) is 0 Å². The van der Waals surface area contributed by atoms with E-state index in [2.05, 4.69) is 17.9 Å². The zero-order chi connectivity index (χ0) is 12.7. The summed E-state index contributed by atoms with van der Waals surface area (Å²) < 4.78 is 0. The van der Waals surface area contributed by atoms with Crippen LogP contribution in [0.15, 0.2) is 18.2 Å². The fourth-order valence-electron chi connectivity index (χ4n) is 3.44. The van der Waals surface area contributed by atoms with E-state index in [-0.39, 0.29) is 0 Å². The third kappa shape index (κ3) is 1.93. The second-order valence-corrected chi connectivity index (χ2v) is 5.88. The number of carbonyl (C=O) groups excluding carboxylic acids is 1. The van der Waals surface area contributed by atoms with E-state index in [1.807, 2.05) is 12.1 Å². The van der Waals surface area contributed by atoms with Crippen molar-refractivity contribution in [1.29, 1.82) is 0 Å². The Hall–Kier alpha value is -1.02. The first-order valence-corrected chi connectivity index (χ1v) is 7.10. The van der Waals surface area contributed by atoms with E-state index in [1.54, 1.807) is 0 Å². The van der Waals surface area contributed by atoms with Gasteiger partial charge in [-0.15, -0.1) is 0 Å².